The number of hydrogen-bond donors (Lipinski definition) is 4. The van der Waals surface area contributed by atoms with E-state index >= 15 is 0 Å². The van der Waals surface area contributed by atoms with E-state index in [4.69, 9.17) is 26.4 Å². The Morgan fingerprint density at radius 2 is 1.60 bits per heavy atom. The van der Waals surface area contributed by atoms with Crippen LogP contribution in [0.5, 0.6) is 23.0 Å². The van der Waals surface area contributed by atoms with Crippen LogP contribution in [0.4, 0.5) is 5.69 Å². The summed E-state index contributed by atoms with van der Waals surface area (Å²) in [5, 5.41) is 30.1. The Morgan fingerprint density at radius 1 is 0.954 bits per heavy atom. The molecule has 1 amide bonds. The predicted octanol–water partition coefficient (Wildman–Crippen LogP) is 12.8. The van der Waals surface area contributed by atoms with Gasteiger partial charge in [0.15, 0.2) is 18.3 Å². The number of rotatable bonds is 14. The van der Waals surface area contributed by atoms with Crippen molar-refractivity contribution in [2.45, 2.75) is 133 Å². The highest BCUT2D eigenvalue weighted by molar-refractivity contribution is 7.80. The molecule has 13 heteroatoms. The number of nitrogens with one attached hydrogen (secondary N) is 2. The first-order valence-electron chi connectivity index (χ1n) is 22.0. The Kier molecular flexibility index (Phi) is 21.8. The van der Waals surface area contributed by atoms with Gasteiger partial charge in [-0.3, -0.25) is 10.2 Å². The van der Waals surface area contributed by atoms with Crippen molar-refractivity contribution in [2.24, 2.45) is 21.6 Å². The minimum absolute atomic E-state index is 0. The highest BCUT2D eigenvalue weighted by atomic mass is 32.1. The third-order valence-electron chi connectivity index (χ3n) is 9.95. The van der Waals surface area contributed by atoms with Crippen molar-refractivity contribution < 1.29 is 34.0 Å². The zero-order valence-corrected chi connectivity index (χ0v) is 40.4. The molecule has 0 radical (unpaired) electrons. The first-order valence-corrected chi connectivity index (χ1v) is 22.4. The molecule has 1 heterocycles. The quantitative estimate of drug-likeness (QED) is 0.0526. The fraction of sp³-hybridized carbons (Fsp3) is 0.462. The van der Waals surface area contributed by atoms with Gasteiger partial charge in [-0.15, -0.1) is 4.91 Å². The summed E-state index contributed by atoms with van der Waals surface area (Å²) in [6.45, 7) is 23.8. The van der Waals surface area contributed by atoms with Crippen molar-refractivity contribution in [3.05, 3.63) is 117 Å². The Labute approximate surface area is 392 Å². The molecule has 0 saturated carbocycles. The maximum Gasteiger partial charge on any atom is 0.341 e. The number of nitrogens with zero attached hydrogens (tertiary/aromatic N) is 2. The number of hydrogen-bond acceptors (Lipinski definition) is 9. The summed E-state index contributed by atoms with van der Waals surface area (Å²) in [6, 6.07) is 16.8. The van der Waals surface area contributed by atoms with Crippen LogP contribution in [0.25, 0.3) is 0 Å². The lowest BCUT2D eigenvalue weighted by Gasteiger charge is -2.36. The number of amides is 1. The summed E-state index contributed by atoms with van der Waals surface area (Å²) >= 11 is 5.56. The van der Waals surface area contributed by atoms with Crippen LogP contribution >= 0.6 is 12.2 Å². The maximum absolute atomic E-state index is 11.7. The number of carbonyl (C=O) groups excluding carboxylic acids is 1. The number of anilines is 1. The van der Waals surface area contributed by atoms with Crippen LogP contribution in [0.2, 0.25) is 0 Å². The summed E-state index contributed by atoms with van der Waals surface area (Å²) in [6.07, 6.45) is 12.2. The van der Waals surface area contributed by atoms with E-state index in [9.17, 15) is 24.7 Å². The van der Waals surface area contributed by atoms with Crippen molar-refractivity contribution in [1.29, 1.82) is 0 Å². The molecular weight excluding hydrogens is 841 g/mol. The lowest BCUT2D eigenvalue weighted by atomic mass is 9.72. The van der Waals surface area contributed by atoms with E-state index in [1.165, 1.54) is 0 Å². The van der Waals surface area contributed by atoms with E-state index in [-0.39, 0.29) is 36.5 Å². The van der Waals surface area contributed by atoms with Gasteiger partial charge >= 0.3 is 11.9 Å². The van der Waals surface area contributed by atoms with Crippen molar-refractivity contribution in [1.82, 2.24) is 5.43 Å². The van der Waals surface area contributed by atoms with Crippen LogP contribution < -0.4 is 25.0 Å². The van der Waals surface area contributed by atoms with Crippen LogP contribution in [-0.4, -0.2) is 52.7 Å². The van der Waals surface area contributed by atoms with Crippen LogP contribution in [0.15, 0.2) is 100 Å². The highest BCUT2D eigenvalue weighted by Gasteiger charge is 2.35. The van der Waals surface area contributed by atoms with Crippen molar-refractivity contribution in [3.8, 4) is 23.0 Å². The van der Waals surface area contributed by atoms with E-state index in [2.05, 4.69) is 93.8 Å². The van der Waals surface area contributed by atoms with E-state index in [1.54, 1.807) is 24.4 Å². The fourth-order valence-corrected chi connectivity index (χ4v) is 7.45. The number of phenols is 1. The summed E-state index contributed by atoms with van der Waals surface area (Å²) in [7, 11) is 0. The normalized spacial score (nSPS) is 16.1. The number of carboxylic acids is 1. The minimum atomic E-state index is -1.14. The minimum Gasteiger partial charge on any atom is -0.508 e. The van der Waals surface area contributed by atoms with Crippen molar-refractivity contribution in [2.75, 3.05) is 18.5 Å². The van der Waals surface area contributed by atoms with Gasteiger partial charge in [0.05, 0.1) is 0 Å². The van der Waals surface area contributed by atoms with Gasteiger partial charge in [0, 0.05) is 40.2 Å². The van der Waals surface area contributed by atoms with Crippen LogP contribution in [0, 0.1) is 16.2 Å². The number of aliphatic carboxylic acids is 1. The number of allylic oxidation sites excluding steroid dienone is 4. The molecule has 0 bridgehead atoms. The molecule has 0 aromatic heterocycles. The monoisotopic (exact) mass is 913 g/mol. The maximum atomic E-state index is 11.7. The van der Waals surface area contributed by atoms with Gasteiger partial charge in [-0.1, -0.05) is 121 Å². The first-order chi connectivity index (χ1) is 30.2. The SMILES string of the molecule is C.CC.CC(C)C.CC/C=C1/C=CC2Oc3ccc(O)cc3C(c3ccc(NC(=S)N/N=C/CCC(c4cc(C(C)(C)C)c(OCC(=O)N=O)cc4OCC(=O)O)C(C)(C)C)cc3)C2=C1. The average Bonchev–Trinajstić information content (AvgIpc) is 3.22. The number of carboxylic acid groups (broad SMARTS) is 1. The Bertz CT molecular complexity index is 2190. The number of benzene rings is 3. The van der Waals surface area contributed by atoms with Crippen molar-refractivity contribution >= 4 is 41.1 Å². The summed E-state index contributed by atoms with van der Waals surface area (Å²) in [5.41, 5.74) is 8.69. The molecule has 3 unspecified atom stereocenters. The zero-order valence-electron chi connectivity index (χ0n) is 39.6. The molecule has 0 spiro atoms. The number of nitroso groups, excluding NO2 is 1. The van der Waals surface area contributed by atoms with Gasteiger partial charge in [-0.25, -0.2) is 4.79 Å². The third-order valence-corrected chi connectivity index (χ3v) is 10.1. The number of thiocarbonyl (C=S) groups is 1. The molecule has 65 heavy (non-hydrogen) atoms. The standard InChI is InChI=1S/C45H52N4O8S.C4H10.C2H6.CH4/c1-8-10-27-12-18-36-32(21-27)42(33-22-30(50)17-19-37(33)57-36)28-13-15-29(16-14-28)47-43(58)48-46-20-9-11-34(44(2,3)4)31-23-35(45(5,6)7)39(55-25-40(51)49-54)24-38(31)56-26-41(52)53;1-4(2)3;1-2;/h10,12-24,34,36,42,50H,8-9,11,25-26H2,1-7H3,(H,52,53)(H2,47,48,58);4H,1-3H3;1-2H3;1H4/b27-10-,46-20+;;;. The van der Waals surface area contributed by atoms with Gasteiger partial charge in [0.25, 0.3) is 0 Å². The second kappa shape index (κ2) is 25.6. The second-order valence-corrected chi connectivity index (χ2v) is 18.5. The number of ether oxygens (including phenoxy) is 3. The van der Waals surface area contributed by atoms with Gasteiger partial charge in [-0.2, -0.15) is 5.10 Å². The van der Waals surface area contributed by atoms with E-state index in [0.717, 1.165) is 57.2 Å². The molecule has 5 rings (SSSR count). The Hall–Kier alpha value is -5.82. The molecule has 12 nitrogen and oxygen atoms in total. The zero-order chi connectivity index (χ0) is 47.8. The van der Waals surface area contributed by atoms with Gasteiger partial charge in [0.1, 0.15) is 29.1 Å². The van der Waals surface area contributed by atoms with Crippen LogP contribution in [-0.2, 0) is 15.0 Å². The van der Waals surface area contributed by atoms with E-state index in [0.29, 0.717) is 29.5 Å². The summed E-state index contributed by atoms with van der Waals surface area (Å²) < 4.78 is 17.8. The Balaban J connectivity index is 0.00000196. The number of fused-ring (bicyclic) bond motifs is 2. The highest BCUT2D eigenvalue weighted by Crippen LogP contribution is 2.48. The number of hydrazone groups is 1. The van der Waals surface area contributed by atoms with Crippen molar-refractivity contribution in [3.63, 3.8) is 0 Å². The second-order valence-electron chi connectivity index (χ2n) is 18.1. The largest absolute Gasteiger partial charge is 0.508 e. The molecule has 0 saturated heterocycles. The lowest BCUT2D eigenvalue weighted by Crippen LogP contribution is -2.29. The molecule has 3 aromatic rings. The molecule has 3 atom stereocenters. The molecular formula is C52H72N4O8S. The summed E-state index contributed by atoms with van der Waals surface area (Å²) in [5.74, 6) is 0.0427. The lowest BCUT2D eigenvalue weighted by molar-refractivity contribution is -0.139. The molecule has 4 N–H and O–H groups in total. The molecule has 0 fully saturated rings. The Morgan fingerprint density at radius 3 is 2.18 bits per heavy atom. The van der Waals surface area contributed by atoms with Gasteiger partial charge < -0.3 is 29.7 Å². The fourth-order valence-electron chi connectivity index (χ4n) is 7.28. The predicted molar refractivity (Wildman–Crippen MR) is 269 cm³/mol. The molecule has 3 aromatic carbocycles. The van der Waals surface area contributed by atoms with Gasteiger partial charge in [-0.05, 0) is 119 Å². The molecule has 2 aliphatic rings. The third kappa shape index (κ3) is 16.6. The van der Waals surface area contributed by atoms with Crippen LogP contribution in [0.3, 0.4) is 0 Å². The molecule has 354 valence electrons. The molecule has 1 aliphatic heterocycles. The average molecular weight is 913 g/mol. The molecule has 1 aliphatic carbocycles. The topological polar surface area (TPSA) is 168 Å². The van der Waals surface area contributed by atoms with Gasteiger partial charge in [0.2, 0.25) is 0 Å². The summed E-state index contributed by atoms with van der Waals surface area (Å²) in [4.78, 5) is 33.9. The number of phenolic OH excluding ortho intramolecular Hbond substituents is 1. The number of carbonyl (C=O) groups is 2. The van der Waals surface area contributed by atoms with E-state index in [1.807, 2.05) is 71.0 Å². The first kappa shape index (κ1) is 55.3. The van der Waals surface area contributed by atoms with E-state index < -0.39 is 30.5 Å². The van der Waals surface area contributed by atoms with Crippen LogP contribution in [0.1, 0.15) is 144 Å². The smallest absolute Gasteiger partial charge is 0.341 e. The number of aromatic hydroxyl groups is 1.